The average molecular weight is 400 g/mol. The number of phenolic OH excluding ortho intramolecular Hbond substituents is 1. The Bertz CT molecular complexity index is 1010. The van der Waals surface area contributed by atoms with Gasteiger partial charge >= 0.3 is 6.18 Å². The molecule has 4 nitrogen and oxygen atoms in total. The molecule has 3 N–H and O–H groups in total. The standard InChI is InChI=1S/C16H9BrF3NO3/c17-8-2-4-12(22)10(6-8)13-9-5-7(16(18,19)20)1-3-11(9)21-15(24)14(13)23/h1-6,22-23H,(H,21,24). The Kier molecular flexibility index (Phi) is 3.79. The SMILES string of the molecule is O=c1[nH]c2ccc(C(F)(F)F)cc2c(-c2cc(Br)ccc2O)c1O. The van der Waals surface area contributed by atoms with E-state index in [4.69, 9.17) is 0 Å². The van der Waals surface area contributed by atoms with Crippen molar-refractivity contribution in [1.29, 1.82) is 0 Å². The van der Waals surface area contributed by atoms with Crippen molar-refractivity contribution in [2.75, 3.05) is 0 Å². The molecule has 0 unspecified atom stereocenters. The smallest absolute Gasteiger partial charge is 0.416 e. The lowest BCUT2D eigenvalue weighted by Crippen LogP contribution is -2.09. The molecule has 0 aliphatic heterocycles. The number of halogens is 4. The largest absolute Gasteiger partial charge is 0.507 e. The van der Waals surface area contributed by atoms with Crippen molar-refractivity contribution >= 4 is 26.8 Å². The fourth-order valence-electron chi connectivity index (χ4n) is 2.44. The molecular formula is C16H9BrF3NO3. The molecular weight excluding hydrogens is 391 g/mol. The monoisotopic (exact) mass is 399 g/mol. The quantitative estimate of drug-likeness (QED) is 0.568. The lowest BCUT2D eigenvalue weighted by molar-refractivity contribution is -0.137. The van der Waals surface area contributed by atoms with Crippen molar-refractivity contribution in [2.24, 2.45) is 0 Å². The first kappa shape index (κ1) is 16.4. The molecule has 124 valence electrons. The van der Waals surface area contributed by atoms with Gasteiger partial charge in [-0.3, -0.25) is 4.79 Å². The number of alkyl halides is 3. The lowest BCUT2D eigenvalue weighted by atomic mass is 9.98. The van der Waals surface area contributed by atoms with E-state index >= 15 is 0 Å². The van der Waals surface area contributed by atoms with E-state index in [1.807, 2.05) is 0 Å². The molecule has 0 bridgehead atoms. The highest BCUT2D eigenvalue weighted by Gasteiger charge is 2.31. The highest BCUT2D eigenvalue weighted by molar-refractivity contribution is 9.10. The molecule has 3 aromatic rings. The summed E-state index contributed by atoms with van der Waals surface area (Å²) in [5, 5.41) is 20.1. The van der Waals surface area contributed by atoms with Gasteiger partial charge in [0.1, 0.15) is 5.75 Å². The number of H-pyrrole nitrogens is 1. The molecule has 0 amide bonds. The molecule has 0 aliphatic carbocycles. The lowest BCUT2D eigenvalue weighted by Gasteiger charge is -2.13. The van der Waals surface area contributed by atoms with Gasteiger partial charge in [-0.1, -0.05) is 15.9 Å². The van der Waals surface area contributed by atoms with E-state index in [9.17, 15) is 28.2 Å². The Hall–Kier alpha value is -2.48. The number of hydrogen-bond acceptors (Lipinski definition) is 3. The molecule has 1 aromatic heterocycles. The summed E-state index contributed by atoms with van der Waals surface area (Å²) < 4.78 is 39.5. The van der Waals surface area contributed by atoms with Gasteiger partial charge in [0.15, 0.2) is 5.75 Å². The summed E-state index contributed by atoms with van der Waals surface area (Å²) in [6.45, 7) is 0. The molecule has 0 radical (unpaired) electrons. The third-order valence-corrected chi connectivity index (χ3v) is 4.04. The van der Waals surface area contributed by atoms with Crippen molar-refractivity contribution in [3.05, 3.63) is 56.8 Å². The topological polar surface area (TPSA) is 73.3 Å². The molecule has 0 saturated heterocycles. The van der Waals surface area contributed by atoms with Crippen LogP contribution in [0.3, 0.4) is 0 Å². The molecule has 3 rings (SSSR count). The Morgan fingerprint density at radius 3 is 2.42 bits per heavy atom. The van der Waals surface area contributed by atoms with Crippen LogP contribution >= 0.6 is 15.9 Å². The van der Waals surface area contributed by atoms with Gasteiger partial charge < -0.3 is 15.2 Å². The van der Waals surface area contributed by atoms with Gasteiger partial charge in [-0.15, -0.1) is 0 Å². The van der Waals surface area contributed by atoms with E-state index in [0.29, 0.717) is 4.47 Å². The molecule has 0 spiro atoms. The van der Waals surface area contributed by atoms with Crippen LogP contribution in [-0.4, -0.2) is 15.2 Å². The predicted octanol–water partition coefficient (Wildman–Crippen LogP) is 4.39. The normalized spacial score (nSPS) is 11.8. The first-order chi connectivity index (χ1) is 11.2. The molecule has 8 heteroatoms. The van der Waals surface area contributed by atoms with E-state index in [2.05, 4.69) is 20.9 Å². The fourth-order valence-corrected chi connectivity index (χ4v) is 2.80. The van der Waals surface area contributed by atoms with Crippen LogP contribution in [-0.2, 0) is 6.18 Å². The van der Waals surface area contributed by atoms with Gasteiger partial charge in [-0.05, 0) is 36.4 Å². The molecule has 0 saturated carbocycles. The molecule has 2 aromatic carbocycles. The van der Waals surface area contributed by atoms with Crippen LogP contribution in [0.4, 0.5) is 13.2 Å². The summed E-state index contributed by atoms with van der Waals surface area (Å²) in [7, 11) is 0. The van der Waals surface area contributed by atoms with Crippen molar-refractivity contribution in [3.8, 4) is 22.6 Å². The number of benzene rings is 2. The van der Waals surface area contributed by atoms with Gasteiger partial charge in [0.05, 0.1) is 5.56 Å². The van der Waals surface area contributed by atoms with Gasteiger partial charge in [0.25, 0.3) is 5.56 Å². The summed E-state index contributed by atoms with van der Waals surface area (Å²) in [6, 6.07) is 6.99. The molecule has 0 fully saturated rings. The van der Waals surface area contributed by atoms with Crippen molar-refractivity contribution < 1.29 is 23.4 Å². The minimum absolute atomic E-state index is 0.0321. The summed E-state index contributed by atoms with van der Waals surface area (Å²) in [6.07, 6.45) is -4.59. The summed E-state index contributed by atoms with van der Waals surface area (Å²) in [5.41, 5.74) is -1.81. The van der Waals surface area contributed by atoms with Gasteiger partial charge in [0.2, 0.25) is 0 Å². The number of hydrogen-bond donors (Lipinski definition) is 3. The van der Waals surface area contributed by atoms with Gasteiger partial charge in [-0.25, -0.2) is 0 Å². The fraction of sp³-hybridized carbons (Fsp3) is 0.0625. The first-order valence-corrected chi connectivity index (χ1v) is 7.43. The number of aromatic hydroxyl groups is 2. The highest BCUT2D eigenvalue weighted by atomic mass is 79.9. The van der Waals surface area contributed by atoms with Crippen molar-refractivity contribution in [2.45, 2.75) is 6.18 Å². The van der Waals surface area contributed by atoms with Crippen LogP contribution < -0.4 is 5.56 Å². The maximum absolute atomic E-state index is 13.0. The highest BCUT2D eigenvalue weighted by Crippen LogP contribution is 2.41. The number of nitrogens with one attached hydrogen (secondary N) is 1. The molecule has 0 aliphatic rings. The molecule has 0 atom stereocenters. The number of aromatic nitrogens is 1. The second-order valence-electron chi connectivity index (χ2n) is 5.10. The molecule has 24 heavy (non-hydrogen) atoms. The summed E-state index contributed by atoms with van der Waals surface area (Å²) in [4.78, 5) is 14.2. The maximum Gasteiger partial charge on any atom is 0.416 e. The minimum atomic E-state index is -4.59. The molecule has 1 heterocycles. The van der Waals surface area contributed by atoms with E-state index in [-0.39, 0.29) is 27.8 Å². The van der Waals surface area contributed by atoms with Crippen LogP contribution in [0.2, 0.25) is 0 Å². The predicted molar refractivity (Wildman–Crippen MR) is 86.0 cm³/mol. The number of fused-ring (bicyclic) bond motifs is 1. The van der Waals surface area contributed by atoms with Crippen LogP contribution in [0.15, 0.2) is 45.7 Å². The van der Waals surface area contributed by atoms with Crippen LogP contribution in [0.1, 0.15) is 5.56 Å². The van der Waals surface area contributed by atoms with Crippen molar-refractivity contribution in [3.63, 3.8) is 0 Å². The first-order valence-electron chi connectivity index (χ1n) is 6.63. The Morgan fingerprint density at radius 2 is 1.75 bits per heavy atom. The second kappa shape index (κ2) is 5.55. The van der Waals surface area contributed by atoms with Crippen molar-refractivity contribution in [1.82, 2.24) is 4.98 Å². The van der Waals surface area contributed by atoms with E-state index in [1.165, 1.54) is 18.2 Å². The number of aromatic amines is 1. The summed E-state index contributed by atoms with van der Waals surface area (Å²) in [5.74, 6) is -1.05. The van der Waals surface area contributed by atoms with E-state index < -0.39 is 23.0 Å². The Balaban J connectivity index is 2.46. The zero-order chi connectivity index (χ0) is 17.6. The Morgan fingerprint density at radius 1 is 1.04 bits per heavy atom. The second-order valence-corrected chi connectivity index (χ2v) is 6.01. The maximum atomic E-state index is 13.0. The van der Waals surface area contributed by atoms with E-state index in [1.54, 1.807) is 0 Å². The van der Waals surface area contributed by atoms with Gasteiger partial charge in [-0.2, -0.15) is 13.2 Å². The van der Waals surface area contributed by atoms with E-state index in [0.717, 1.165) is 18.2 Å². The Labute approximate surface area is 141 Å². The zero-order valence-corrected chi connectivity index (χ0v) is 13.4. The zero-order valence-electron chi connectivity index (χ0n) is 11.8. The summed E-state index contributed by atoms with van der Waals surface area (Å²) >= 11 is 3.19. The number of pyridine rings is 1. The number of rotatable bonds is 1. The minimum Gasteiger partial charge on any atom is -0.507 e. The third-order valence-electron chi connectivity index (χ3n) is 3.54. The average Bonchev–Trinajstić information content (AvgIpc) is 2.50. The van der Waals surface area contributed by atoms with Crippen LogP contribution in [0.5, 0.6) is 11.5 Å². The third kappa shape index (κ3) is 2.73. The van der Waals surface area contributed by atoms with Crippen LogP contribution in [0.25, 0.3) is 22.0 Å². The van der Waals surface area contributed by atoms with Gasteiger partial charge in [0, 0.05) is 26.5 Å². The van der Waals surface area contributed by atoms with Crippen LogP contribution in [0, 0.1) is 0 Å². The number of phenols is 1.